The summed E-state index contributed by atoms with van der Waals surface area (Å²) >= 11 is 0. The van der Waals surface area contributed by atoms with Crippen molar-refractivity contribution in [3.8, 4) is 0 Å². The number of hydrogen-bond donors (Lipinski definition) is 1. The van der Waals surface area contributed by atoms with Crippen LogP contribution in [0.1, 0.15) is 12.8 Å². The zero-order valence-corrected chi connectivity index (χ0v) is 11.8. The number of aliphatic hydroxyl groups excluding tert-OH is 1. The summed E-state index contributed by atoms with van der Waals surface area (Å²) in [5.41, 5.74) is 1.20. The molecule has 5 heteroatoms. The molecule has 3 rings (SSSR count). The van der Waals surface area contributed by atoms with Crippen LogP contribution in [0.3, 0.4) is 0 Å². The molecule has 0 amide bonds. The molecule has 5 nitrogen and oxygen atoms in total. The second kappa shape index (κ2) is 6.52. The van der Waals surface area contributed by atoms with E-state index in [4.69, 9.17) is 9.84 Å². The highest BCUT2D eigenvalue weighted by Gasteiger charge is 2.34. The van der Waals surface area contributed by atoms with Crippen molar-refractivity contribution in [1.82, 2.24) is 9.88 Å². The maximum Gasteiger partial charge on any atom is 0.0791 e. The van der Waals surface area contributed by atoms with Gasteiger partial charge in [-0.05, 0) is 25.0 Å². The zero-order valence-electron chi connectivity index (χ0n) is 11.8. The third kappa shape index (κ3) is 2.95. The molecule has 0 aliphatic carbocycles. The summed E-state index contributed by atoms with van der Waals surface area (Å²) in [6, 6.07) is 4.55. The van der Waals surface area contributed by atoms with Gasteiger partial charge in [0.2, 0.25) is 0 Å². The fraction of sp³-hybridized carbons (Fsp3) is 0.667. The van der Waals surface area contributed by atoms with Crippen molar-refractivity contribution in [2.75, 3.05) is 44.3 Å². The largest absolute Gasteiger partial charge is 0.395 e. The molecule has 0 spiro atoms. The van der Waals surface area contributed by atoms with Gasteiger partial charge in [-0.2, -0.15) is 0 Å². The van der Waals surface area contributed by atoms with Crippen molar-refractivity contribution in [3.05, 3.63) is 24.5 Å². The number of aliphatic hydroxyl groups is 1. The summed E-state index contributed by atoms with van der Waals surface area (Å²) < 4.78 is 5.99. The Kier molecular flexibility index (Phi) is 4.50. The molecule has 20 heavy (non-hydrogen) atoms. The predicted molar refractivity (Wildman–Crippen MR) is 77.9 cm³/mol. The fourth-order valence-corrected chi connectivity index (χ4v) is 3.34. The molecule has 0 saturated carbocycles. The number of rotatable bonds is 3. The number of β-amino-alcohol motifs (C(OH)–C–C–N with tert-alkyl or cyclic N) is 1. The number of nitrogens with zero attached hydrogens (tertiary/aromatic N) is 3. The van der Waals surface area contributed by atoms with E-state index in [1.54, 1.807) is 0 Å². The van der Waals surface area contributed by atoms with Gasteiger partial charge < -0.3 is 19.6 Å². The van der Waals surface area contributed by atoms with Gasteiger partial charge in [0.25, 0.3) is 0 Å². The molecular weight excluding hydrogens is 254 g/mol. The molecule has 2 fully saturated rings. The SMILES string of the molecule is OCCN1CC[C@@H]2[C@@H](CC1)OCCN2c1cccnc1. The number of morpholine rings is 1. The monoisotopic (exact) mass is 277 g/mol. The Balaban J connectivity index is 1.74. The van der Waals surface area contributed by atoms with Crippen LogP contribution >= 0.6 is 0 Å². The molecule has 1 aromatic heterocycles. The van der Waals surface area contributed by atoms with Gasteiger partial charge in [-0.3, -0.25) is 4.98 Å². The second-order valence-corrected chi connectivity index (χ2v) is 5.52. The molecule has 110 valence electrons. The lowest BCUT2D eigenvalue weighted by molar-refractivity contribution is 0.00887. The highest BCUT2D eigenvalue weighted by molar-refractivity contribution is 5.45. The number of aromatic nitrogens is 1. The van der Waals surface area contributed by atoms with Crippen LogP contribution < -0.4 is 4.90 Å². The van der Waals surface area contributed by atoms with Crippen molar-refractivity contribution in [2.45, 2.75) is 25.0 Å². The highest BCUT2D eigenvalue weighted by atomic mass is 16.5. The second-order valence-electron chi connectivity index (χ2n) is 5.52. The molecular formula is C15H23N3O2. The molecule has 0 bridgehead atoms. The van der Waals surface area contributed by atoms with Crippen LogP contribution in [-0.4, -0.2) is 66.5 Å². The van der Waals surface area contributed by atoms with E-state index in [0.717, 1.165) is 45.6 Å². The summed E-state index contributed by atoms with van der Waals surface area (Å²) in [5.74, 6) is 0. The summed E-state index contributed by atoms with van der Waals surface area (Å²) in [6.45, 7) is 4.78. The first kappa shape index (κ1) is 13.8. The normalized spacial score (nSPS) is 27.9. The third-order valence-electron chi connectivity index (χ3n) is 4.36. The van der Waals surface area contributed by atoms with E-state index in [1.165, 1.54) is 5.69 Å². The standard InChI is InChI=1S/C15H23N3O2/c19-10-8-17-6-3-14-15(4-7-17)20-11-9-18(14)13-2-1-5-16-12-13/h1-2,5,12,14-15,19H,3-4,6-11H2/t14-,15-/m1/s1. The zero-order chi connectivity index (χ0) is 13.8. The van der Waals surface area contributed by atoms with Gasteiger partial charge in [0.05, 0.1) is 37.2 Å². The highest BCUT2D eigenvalue weighted by Crippen LogP contribution is 2.27. The molecule has 2 aliphatic rings. The molecule has 0 unspecified atom stereocenters. The van der Waals surface area contributed by atoms with Crippen LogP contribution in [0.5, 0.6) is 0 Å². The Morgan fingerprint density at radius 2 is 2.20 bits per heavy atom. The molecule has 0 radical (unpaired) electrons. The fourth-order valence-electron chi connectivity index (χ4n) is 3.34. The maximum atomic E-state index is 9.11. The van der Waals surface area contributed by atoms with Crippen LogP contribution in [0.25, 0.3) is 0 Å². The van der Waals surface area contributed by atoms with Crippen LogP contribution in [0, 0.1) is 0 Å². The average Bonchev–Trinajstić information content (AvgIpc) is 2.71. The summed E-state index contributed by atoms with van der Waals surface area (Å²) in [7, 11) is 0. The van der Waals surface area contributed by atoms with Crippen LogP contribution in [0.4, 0.5) is 5.69 Å². The molecule has 2 saturated heterocycles. The smallest absolute Gasteiger partial charge is 0.0791 e. The number of fused-ring (bicyclic) bond motifs is 1. The number of pyridine rings is 1. The Labute approximate surface area is 120 Å². The van der Waals surface area contributed by atoms with Gasteiger partial charge in [0, 0.05) is 32.4 Å². The van der Waals surface area contributed by atoms with E-state index < -0.39 is 0 Å². The van der Waals surface area contributed by atoms with Crippen molar-refractivity contribution >= 4 is 5.69 Å². The Hall–Kier alpha value is -1.17. The maximum absolute atomic E-state index is 9.11. The Morgan fingerprint density at radius 3 is 3.00 bits per heavy atom. The van der Waals surface area contributed by atoms with E-state index >= 15 is 0 Å². The molecule has 2 aliphatic heterocycles. The first-order valence-corrected chi connectivity index (χ1v) is 7.50. The Bertz CT molecular complexity index is 415. The minimum absolute atomic E-state index is 0.239. The summed E-state index contributed by atoms with van der Waals surface area (Å²) in [6.07, 6.45) is 6.18. The van der Waals surface area contributed by atoms with Crippen LogP contribution in [0.15, 0.2) is 24.5 Å². The van der Waals surface area contributed by atoms with Crippen molar-refractivity contribution < 1.29 is 9.84 Å². The van der Waals surface area contributed by atoms with Gasteiger partial charge in [-0.15, -0.1) is 0 Å². The van der Waals surface area contributed by atoms with E-state index in [-0.39, 0.29) is 6.61 Å². The quantitative estimate of drug-likeness (QED) is 0.883. The van der Waals surface area contributed by atoms with Gasteiger partial charge in [-0.1, -0.05) is 0 Å². The summed E-state index contributed by atoms with van der Waals surface area (Å²) in [4.78, 5) is 9.02. The molecule has 0 aromatic carbocycles. The van der Waals surface area contributed by atoms with Gasteiger partial charge >= 0.3 is 0 Å². The van der Waals surface area contributed by atoms with Gasteiger partial charge in [0.1, 0.15) is 0 Å². The molecule has 2 atom stereocenters. The van der Waals surface area contributed by atoms with Gasteiger partial charge in [-0.25, -0.2) is 0 Å². The van der Waals surface area contributed by atoms with Crippen molar-refractivity contribution in [3.63, 3.8) is 0 Å². The lowest BCUT2D eigenvalue weighted by atomic mass is 10.0. The van der Waals surface area contributed by atoms with E-state index in [9.17, 15) is 0 Å². The number of ether oxygens (including phenoxy) is 1. The third-order valence-corrected chi connectivity index (χ3v) is 4.36. The molecule has 1 aromatic rings. The molecule has 3 heterocycles. The van der Waals surface area contributed by atoms with Crippen molar-refractivity contribution in [2.24, 2.45) is 0 Å². The average molecular weight is 277 g/mol. The lowest BCUT2D eigenvalue weighted by Crippen LogP contribution is -2.51. The molecule has 1 N–H and O–H groups in total. The van der Waals surface area contributed by atoms with Gasteiger partial charge in [0.15, 0.2) is 0 Å². The lowest BCUT2D eigenvalue weighted by Gasteiger charge is -2.41. The number of anilines is 1. The minimum atomic E-state index is 0.239. The topological polar surface area (TPSA) is 48.8 Å². The van der Waals surface area contributed by atoms with E-state index in [0.29, 0.717) is 12.1 Å². The van der Waals surface area contributed by atoms with E-state index in [2.05, 4.69) is 20.9 Å². The van der Waals surface area contributed by atoms with E-state index in [1.807, 2.05) is 18.5 Å². The number of hydrogen-bond acceptors (Lipinski definition) is 5. The van der Waals surface area contributed by atoms with Crippen LogP contribution in [-0.2, 0) is 4.74 Å². The summed E-state index contributed by atoms with van der Waals surface area (Å²) in [5, 5.41) is 9.11. The first-order valence-electron chi connectivity index (χ1n) is 7.50. The Morgan fingerprint density at radius 1 is 1.30 bits per heavy atom. The first-order chi connectivity index (χ1) is 9.88. The minimum Gasteiger partial charge on any atom is -0.395 e. The predicted octanol–water partition coefficient (Wildman–Crippen LogP) is 0.743. The van der Waals surface area contributed by atoms with Crippen LogP contribution in [0.2, 0.25) is 0 Å². The van der Waals surface area contributed by atoms with Crippen molar-refractivity contribution in [1.29, 1.82) is 0 Å². The number of likely N-dealkylation sites (tertiary alicyclic amines) is 1.